The van der Waals surface area contributed by atoms with Gasteiger partial charge < -0.3 is 5.32 Å². The molecule has 4 nitrogen and oxygen atoms in total. The van der Waals surface area contributed by atoms with Gasteiger partial charge in [0.05, 0.1) is 6.04 Å². The van der Waals surface area contributed by atoms with Crippen LogP contribution in [-0.2, 0) is 11.3 Å². The van der Waals surface area contributed by atoms with Crippen molar-refractivity contribution in [3.05, 3.63) is 66.0 Å². The maximum absolute atomic E-state index is 12.9. The Kier molecular flexibility index (Phi) is 5.79. The second-order valence-electron chi connectivity index (χ2n) is 6.47. The number of carbonyl (C=O) groups excluding carboxylic acids is 1. The third-order valence-corrected chi connectivity index (χ3v) is 4.69. The van der Waals surface area contributed by atoms with E-state index in [4.69, 9.17) is 0 Å². The predicted octanol–water partition coefficient (Wildman–Crippen LogP) is 2.97. The minimum atomic E-state index is -0.305. The van der Waals surface area contributed by atoms with Gasteiger partial charge in [-0.1, -0.05) is 30.3 Å². The number of piperazine rings is 1. The van der Waals surface area contributed by atoms with Crippen molar-refractivity contribution in [3.63, 3.8) is 0 Å². The molecule has 1 atom stereocenters. The molecule has 1 saturated heterocycles. The van der Waals surface area contributed by atoms with E-state index >= 15 is 0 Å². The van der Waals surface area contributed by atoms with E-state index in [0.717, 1.165) is 32.7 Å². The first-order valence-electron chi connectivity index (χ1n) is 8.68. The molecular weight excluding hydrogens is 317 g/mol. The molecule has 1 heterocycles. The summed E-state index contributed by atoms with van der Waals surface area (Å²) in [5.41, 5.74) is 1.94. The first kappa shape index (κ1) is 17.6. The maximum atomic E-state index is 12.9. The molecule has 0 radical (unpaired) electrons. The highest BCUT2D eigenvalue weighted by Gasteiger charge is 2.25. The van der Waals surface area contributed by atoms with E-state index in [1.807, 2.05) is 13.0 Å². The summed E-state index contributed by atoms with van der Waals surface area (Å²) in [6, 6.07) is 16.1. The van der Waals surface area contributed by atoms with Crippen LogP contribution in [0.15, 0.2) is 54.6 Å². The van der Waals surface area contributed by atoms with Crippen molar-refractivity contribution in [3.8, 4) is 0 Å². The lowest BCUT2D eigenvalue weighted by atomic mass is 10.1. The van der Waals surface area contributed by atoms with Gasteiger partial charge in [-0.2, -0.15) is 0 Å². The van der Waals surface area contributed by atoms with Crippen LogP contribution in [-0.4, -0.2) is 47.9 Å². The smallest absolute Gasteiger partial charge is 0.241 e. The molecule has 1 aliphatic rings. The Bertz CT molecular complexity index is 682. The Labute approximate surface area is 148 Å². The molecule has 1 N–H and O–H groups in total. The highest BCUT2D eigenvalue weighted by atomic mass is 19.1. The second kappa shape index (κ2) is 8.23. The normalized spacial score (nSPS) is 17.2. The summed E-state index contributed by atoms with van der Waals surface area (Å²) in [4.78, 5) is 17.0. The first-order valence-corrected chi connectivity index (χ1v) is 8.68. The van der Waals surface area contributed by atoms with Gasteiger partial charge in [0.1, 0.15) is 5.82 Å². The Morgan fingerprint density at radius 2 is 1.68 bits per heavy atom. The summed E-state index contributed by atoms with van der Waals surface area (Å²) >= 11 is 0. The minimum absolute atomic E-state index is 0.0527. The van der Waals surface area contributed by atoms with Crippen LogP contribution >= 0.6 is 0 Å². The van der Waals surface area contributed by atoms with Crippen molar-refractivity contribution in [1.82, 2.24) is 9.80 Å². The summed E-state index contributed by atoms with van der Waals surface area (Å²) < 4.78 is 12.9. The summed E-state index contributed by atoms with van der Waals surface area (Å²) in [6.45, 7) is 6.50. The van der Waals surface area contributed by atoms with Crippen LogP contribution in [0.2, 0.25) is 0 Å². The van der Waals surface area contributed by atoms with Crippen molar-refractivity contribution < 1.29 is 9.18 Å². The highest BCUT2D eigenvalue weighted by molar-refractivity contribution is 5.94. The van der Waals surface area contributed by atoms with E-state index in [1.165, 1.54) is 17.7 Å². The van der Waals surface area contributed by atoms with E-state index < -0.39 is 0 Å². The number of amides is 1. The van der Waals surface area contributed by atoms with Gasteiger partial charge in [0.2, 0.25) is 5.91 Å². The molecular formula is C20H24FN3O. The minimum Gasteiger partial charge on any atom is -0.325 e. The number of carbonyl (C=O) groups is 1. The molecule has 2 aromatic rings. The maximum Gasteiger partial charge on any atom is 0.241 e. The molecule has 0 aromatic heterocycles. The monoisotopic (exact) mass is 341 g/mol. The lowest BCUT2D eigenvalue weighted by Gasteiger charge is -2.37. The molecule has 1 amide bonds. The number of nitrogens with one attached hydrogen (secondary N) is 1. The quantitative estimate of drug-likeness (QED) is 0.908. The average molecular weight is 341 g/mol. The van der Waals surface area contributed by atoms with Crippen LogP contribution in [0.3, 0.4) is 0 Å². The third kappa shape index (κ3) is 4.87. The average Bonchev–Trinajstić information content (AvgIpc) is 2.64. The van der Waals surface area contributed by atoms with Crippen LogP contribution in [0.1, 0.15) is 12.5 Å². The third-order valence-electron chi connectivity index (χ3n) is 4.69. The van der Waals surface area contributed by atoms with Gasteiger partial charge in [-0.25, -0.2) is 4.39 Å². The summed E-state index contributed by atoms with van der Waals surface area (Å²) in [5.74, 6) is -0.358. The molecule has 0 aliphatic carbocycles. The van der Waals surface area contributed by atoms with Crippen LogP contribution in [0.5, 0.6) is 0 Å². The van der Waals surface area contributed by atoms with Crippen LogP contribution in [0, 0.1) is 5.82 Å². The Morgan fingerprint density at radius 3 is 2.32 bits per heavy atom. The zero-order valence-electron chi connectivity index (χ0n) is 14.5. The SMILES string of the molecule is C[C@@H](C(=O)Nc1ccc(F)cc1)N1CCN(Cc2ccccc2)CC1. The van der Waals surface area contributed by atoms with E-state index in [1.54, 1.807) is 12.1 Å². The number of anilines is 1. The molecule has 25 heavy (non-hydrogen) atoms. The van der Waals surface area contributed by atoms with Gasteiger partial charge in [0, 0.05) is 38.4 Å². The number of hydrogen-bond donors (Lipinski definition) is 1. The molecule has 5 heteroatoms. The molecule has 1 aliphatic heterocycles. The van der Waals surface area contributed by atoms with Crippen LogP contribution in [0.4, 0.5) is 10.1 Å². The Balaban J connectivity index is 1.48. The highest BCUT2D eigenvalue weighted by Crippen LogP contribution is 2.13. The molecule has 0 spiro atoms. The topological polar surface area (TPSA) is 35.6 Å². The van der Waals surface area contributed by atoms with Gasteiger partial charge >= 0.3 is 0 Å². The molecule has 0 bridgehead atoms. The van der Waals surface area contributed by atoms with E-state index in [2.05, 4.69) is 39.4 Å². The van der Waals surface area contributed by atoms with Crippen LogP contribution < -0.4 is 5.32 Å². The lowest BCUT2D eigenvalue weighted by Crippen LogP contribution is -2.52. The Hall–Kier alpha value is -2.24. The summed E-state index contributed by atoms with van der Waals surface area (Å²) in [6.07, 6.45) is 0. The number of benzene rings is 2. The van der Waals surface area contributed by atoms with Crippen molar-refractivity contribution in [1.29, 1.82) is 0 Å². The summed E-state index contributed by atoms with van der Waals surface area (Å²) in [7, 11) is 0. The number of hydrogen-bond acceptors (Lipinski definition) is 3. The molecule has 2 aromatic carbocycles. The zero-order chi connectivity index (χ0) is 17.6. The fourth-order valence-electron chi connectivity index (χ4n) is 3.10. The van der Waals surface area contributed by atoms with Gasteiger partial charge in [-0.05, 0) is 36.8 Å². The molecule has 3 rings (SSSR count). The van der Waals surface area contributed by atoms with Gasteiger partial charge in [0.25, 0.3) is 0 Å². The standard InChI is InChI=1S/C20H24FN3O/c1-16(20(25)22-19-9-7-18(21)8-10-19)24-13-11-23(12-14-24)15-17-5-3-2-4-6-17/h2-10,16H,11-15H2,1H3,(H,22,25)/t16-/m0/s1. The fraction of sp³-hybridized carbons (Fsp3) is 0.350. The Morgan fingerprint density at radius 1 is 1.04 bits per heavy atom. The van der Waals surface area contributed by atoms with Crippen molar-refractivity contribution in [2.75, 3.05) is 31.5 Å². The van der Waals surface area contributed by atoms with Crippen LogP contribution in [0.25, 0.3) is 0 Å². The molecule has 0 saturated carbocycles. The van der Waals surface area contributed by atoms with E-state index in [9.17, 15) is 9.18 Å². The van der Waals surface area contributed by atoms with Crippen molar-refractivity contribution >= 4 is 11.6 Å². The lowest BCUT2D eigenvalue weighted by molar-refractivity contribution is -0.121. The van der Waals surface area contributed by atoms with E-state index in [0.29, 0.717) is 5.69 Å². The van der Waals surface area contributed by atoms with Gasteiger partial charge in [0.15, 0.2) is 0 Å². The zero-order valence-corrected chi connectivity index (χ0v) is 14.5. The summed E-state index contributed by atoms with van der Waals surface area (Å²) in [5, 5.41) is 2.86. The number of rotatable bonds is 5. The van der Waals surface area contributed by atoms with Gasteiger partial charge in [-0.15, -0.1) is 0 Å². The molecule has 0 unspecified atom stereocenters. The van der Waals surface area contributed by atoms with Crippen molar-refractivity contribution in [2.45, 2.75) is 19.5 Å². The first-order chi connectivity index (χ1) is 12.1. The van der Waals surface area contributed by atoms with Crippen molar-refractivity contribution in [2.24, 2.45) is 0 Å². The second-order valence-corrected chi connectivity index (χ2v) is 6.47. The van der Waals surface area contributed by atoms with Gasteiger partial charge in [-0.3, -0.25) is 14.6 Å². The number of nitrogens with zero attached hydrogens (tertiary/aromatic N) is 2. The molecule has 1 fully saturated rings. The molecule has 132 valence electrons. The fourth-order valence-corrected chi connectivity index (χ4v) is 3.10. The van der Waals surface area contributed by atoms with E-state index in [-0.39, 0.29) is 17.8 Å². The number of halogens is 1. The largest absolute Gasteiger partial charge is 0.325 e. The predicted molar refractivity (Wildman–Crippen MR) is 97.8 cm³/mol.